The maximum atomic E-state index is 14.8. The van der Waals surface area contributed by atoms with Gasteiger partial charge in [-0.25, -0.2) is 0 Å². The molecule has 7 rings (SSSR count). The van der Waals surface area contributed by atoms with Crippen LogP contribution in [0.3, 0.4) is 0 Å². The van der Waals surface area contributed by atoms with Crippen LogP contribution in [0.25, 0.3) is 6.08 Å². The molecule has 4 aromatic rings. The molecule has 0 bridgehead atoms. The number of para-hydroxylation sites is 1. The van der Waals surface area contributed by atoms with Crippen LogP contribution in [0.5, 0.6) is 5.75 Å². The van der Waals surface area contributed by atoms with E-state index in [0.29, 0.717) is 28.1 Å². The lowest BCUT2D eigenvalue weighted by Crippen LogP contribution is -2.49. The number of nitrogens with zero attached hydrogens (tertiary/aromatic N) is 1. The Hall–Kier alpha value is -4.82. The van der Waals surface area contributed by atoms with Crippen molar-refractivity contribution in [3.8, 4) is 5.75 Å². The molecule has 43 heavy (non-hydrogen) atoms. The van der Waals surface area contributed by atoms with Crippen molar-refractivity contribution in [2.45, 2.75) is 24.4 Å². The first-order valence-corrected chi connectivity index (χ1v) is 14.7. The third kappa shape index (κ3) is 4.08. The number of carbonyl (C=O) groups excluding carboxylic acids is 4. The van der Waals surface area contributed by atoms with Crippen molar-refractivity contribution < 1.29 is 23.9 Å². The Morgan fingerprint density at radius 1 is 0.837 bits per heavy atom. The van der Waals surface area contributed by atoms with Crippen LogP contribution in [0, 0.1) is 5.92 Å². The van der Waals surface area contributed by atoms with E-state index in [9.17, 15) is 19.2 Å². The van der Waals surface area contributed by atoms with Crippen molar-refractivity contribution in [2.75, 3.05) is 5.32 Å². The van der Waals surface area contributed by atoms with Gasteiger partial charge in [-0.1, -0.05) is 70.5 Å². The Kier molecular flexibility index (Phi) is 6.39. The number of Topliss-reactive ketones (excluding diaryl/α,β-unsaturated/α-hetero) is 2. The lowest BCUT2D eigenvalue weighted by Gasteiger charge is -2.38. The predicted octanol–water partition coefficient (Wildman–Crippen LogP) is 6.36. The molecule has 1 amide bonds. The number of nitrogens with one attached hydrogen (secondary N) is 1. The van der Waals surface area contributed by atoms with Crippen molar-refractivity contribution >= 4 is 51.1 Å². The topological polar surface area (TPSA) is 92.8 Å². The third-order valence-corrected chi connectivity index (χ3v) is 9.18. The van der Waals surface area contributed by atoms with Crippen LogP contribution < -0.4 is 10.1 Å². The van der Waals surface area contributed by atoms with Crippen molar-refractivity contribution in [1.29, 1.82) is 0 Å². The summed E-state index contributed by atoms with van der Waals surface area (Å²) in [4.78, 5) is 57.3. The van der Waals surface area contributed by atoms with Crippen molar-refractivity contribution in [3.05, 3.63) is 136 Å². The molecule has 212 valence electrons. The monoisotopic (exact) mass is 632 g/mol. The molecule has 4 atom stereocenters. The molecule has 0 unspecified atom stereocenters. The number of rotatable bonds is 5. The van der Waals surface area contributed by atoms with Gasteiger partial charge in [0, 0.05) is 34.4 Å². The molecule has 1 N–H and O–H groups in total. The molecule has 8 heteroatoms. The molecular weight excluding hydrogens is 608 g/mol. The first kappa shape index (κ1) is 27.0. The minimum atomic E-state index is -1.40. The van der Waals surface area contributed by atoms with E-state index in [2.05, 4.69) is 21.2 Å². The van der Waals surface area contributed by atoms with Gasteiger partial charge in [-0.2, -0.15) is 0 Å². The quantitative estimate of drug-likeness (QED) is 0.156. The highest BCUT2D eigenvalue weighted by Crippen LogP contribution is 2.62. The second-order valence-electron chi connectivity index (χ2n) is 10.9. The van der Waals surface area contributed by atoms with Gasteiger partial charge in [-0.05, 0) is 65.2 Å². The molecule has 0 saturated carbocycles. The largest absolute Gasteiger partial charge is 0.427 e. The fourth-order valence-electron chi connectivity index (χ4n) is 6.99. The minimum Gasteiger partial charge on any atom is -0.427 e. The van der Waals surface area contributed by atoms with Gasteiger partial charge in [0.05, 0.1) is 12.0 Å². The van der Waals surface area contributed by atoms with Gasteiger partial charge < -0.3 is 15.0 Å². The summed E-state index contributed by atoms with van der Waals surface area (Å²) in [6, 6.07) is 26.9. The normalized spacial score (nSPS) is 22.9. The SMILES string of the molecule is CC(=O)Oc1ccc(C(=O)[C@@H]2[C@H](C(=O)c3ccc(Br)cc3)[C@@]3(C(=O)Nc4ccccc43)[C@H]3c4ccccc4C=CN23)cc1. The lowest BCUT2D eigenvalue weighted by atomic mass is 9.62. The molecule has 1 spiro atoms. The molecule has 0 radical (unpaired) electrons. The van der Waals surface area contributed by atoms with E-state index in [1.165, 1.54) is 6.92 Å². The van der Waals surface area contributed by atoms with Crippen LogP contribution >= 0.6 is 15.9 Å². The number of esters is 1. The Labute approximate surface area is 256 Å². The summed E-state index contributed by atoms with van der Waals surface area (Å²) in [6.07, 6.45) is 3.77. The number of amides is 1. The van der Waals surface area contributed by atoms with Crippen LogP contribution in [-0.4, -0.2) is 34.4 Å². The van der Waals surface area contributed by atoms with Gasteiger partial charge in [-0.3, -0.25) is 19.2 Å². The van der Waals surface area contributed by atoms with E-state index in [-0.39, 0.29) is 17.5 Å². The predicted molar refractivity (Wildman–Crippen MR) is 165 cm³/mol. The number of hydrogen-bond donors (Lipinski definition) is 1. The summed E-state index contributed by atoms with van der Waals surface area (Å²) in [6.45, 7) is 1.31. The molecule has 3 heterocycles. The molecule has 0 aliphatic carbocycles. The van der Waals surface area contributed by atoms with Crippen LogP contribution in [0.1, 0.15) is 50.4 Å². The number of anilines is 1. The average Bonchev–Trinajstić information content (AvgIpc) is 3.49. The van der Waals surface area contributed by atoms with Crippen molar-refractivity contribution in [2.24, 2.45) is 5.92 Å². The number of ketones is 2. The molecule has 7 nitrogen and oxygen atoms in total. The van der Waals surface area contributed by atoms with Gasteiger partial charge in [0.2, 0.25) is 5.91 Å². The van der Waals surface area contributed by atoms with Gasteiger partial charge >= 0.3 is 5.97 Å². The number of fused-ring (bicyclic) bond motifs is 6. The van der Waals surface area contributed by atoms with Gasteiger partial charge in [0.1, 0.15) is 17.2 Å². The summed E-state index contributed by atoms with van der Waals surface area (Å²) in [5.74, 6) is -2.16. The number of hydrogen-bond acceptors (Lipinski definition) is 6. The maximum absolute atomic E-state index is 14.8. The standard InChI is InChI=1S/C35H25BrN2O5/c1-20(39)43-25-16-12-23(13-17-25)32(41)30-29(31(40)22-10-14-24(36)15-11-22)35(27-8-4-5-9-28(27)37-34(35)42)33-26-7-3-2-6-21(26)18-19-38(30)33/h2-19,29-30,33H,1H3,(H,37,42)/t29-,30+,33-,35-/m1/s1. The second-order valence-corrected chi connectivity index (χ2v) is 11.9. The number of ether oxygens (including phenoxy) is 1. The van der Waals surface area contributed by atoms with E-state index >= 15 is 0 Å². The van der Waals surface area contributed by atoms with Crippen LogP contribution in [0.4, 0.5) is 5.69 Å². The maximum Gasteiger partial charge on any atom is 0.308 e. The fourth-order valence-corrected chi connectivity index (χ4v) is 7.25. The van der Waals surface area contributed by atoms with E-state index < -0.39 is 29.4 Å². The van der Waals surface area contributed by atoms with Crippen LogP contribution in [0.15, 0.2) is 108 Å². The number of carbonyl (C=O) groups is 4. The molecule has 3 aliphatic rings. The summed E-state index contributed by atoms with van der Waals surface area (Å²) in [7, 11) is 0. The summed E-state index contributed by atoms with van der Waals surface area (Å²) >= 11 is 3.44. The Morgan fingerprint density at radius 2 is 1.49 bits per heavy atom. The molecule has 0 aromatic heterocycles. The zero-order valence-corrected chi connectivity index (χ0v) is 24.6. The summed E-state index contributed by atoms with van der Waals surface area (Å²) < 4.78 is 5.98. The average molecular weight is 633 g/mol. The lowest BCUT2D eigenvalue weighted by molar-refractivity contribution is -0.131. The highest BCUT2D eigenvalue weighted by atomic mass is 79.9. The Morgan fingerprint density at radius 3 is 2.23 bits per heavy atom. The number of benzene rings is 4. The zero-order valence-electron chi connectivity index (χ0n) is 23.0. The Balaban J connectivity index is 1.48. The highest BCUT2D eigenvalue weighted by molar-refractivity contribution is 9.10. The van der Waals surface area contributed by atoms with E-state index in [1.54, 1.807) is 48.5 Å². The van der Waals surface area contributed by atoms with E-state index in [4.69, 9.17) is 4.74 Å². The molecule has 3 aliphatic heterocycles. The smallest absolute Gasteiger partial charge is 0.308 e. The van der Waals surface area contributed by atoms with Gasteiger partial charge in [-0.15, -0.1) is 0 Å². The molecule has 1 saturated heterocycles. The highest BCUT2D eigenvalue weighted by Gasteiger charge is 2.70. The van der Waals surface area contributed by atoms with E-state index in [0.717, 1.165) is 15.6 Å². The van der Waals surface area contributed by atoms with Gasteiger partial charge in [0.15, 0.2) is 11.6 Å². The van der Waals surface area contributed by atoms with Crippen LogP contribution in [0.2, 0.25) is 0 Å². The Bertz CT molecular complexity index is 1850. The molecular formula is C35H25BrN2O5. The third-order valence-electron chi connectivity index (χ3n) is 8.65. The van der Waals surface area contributed by atoms with Crippen LogP contribution in [-0.2, 0) is 15.0 Å². The van der Waals surface area contributed by atoms with E-state index in [1.807, 2.05) is 65.7 Å². The summed E-state index contributed by atoms with van der Waals surface area (Å²) in [5.41, 5.74) is 2.46. The first-order chi connectivity index (χ1) is 20.8. The minimum absolute atomic E-state index is 0.297. The van der Waals surface area contributed by atoms with Crippen molar-refractivity contribution in [1.82, 2.24) is 4.90 Å². The molecule has 1 fully saturated rings. The zero-order chi connectivity index (χ0) is 29.9. The molecule has 4 aromatic carbocycles. The first-order valence-electron chi connectivity index (χ1n) is 13.9. The van der Waals surface area contributed by atoms with Gasteiger partial charge in [0.25, 0.3) is 0 Å². The van der Waals surface area contributed by atoms with Crippen molar-refractivity contribution in [3.63, 3.8) is 0 Å². The second kappa shape index (κ2) is 10.2. The fraction of sp³-hybridized carbons (Fsp3) is 0.143. The number of halogens is 1. The summed E-state index contributed by atoms with van der Waals surface area (Å²) in [5, 5.41) is 3.06.